The highest BCUT2D eigenvalue weighted by Crippen LogP contribution is 2.26. The van der Waals surface area contributed by atoms with Crippen LogP contribution in [0.3, 0.4) is 0 Å². The van der Waals surface area contributed by atoms with Crippen LogP contribution in [0.2, 0.25) is 5.02 Å². The molecular weight excluding hydrogens is 600 g/mol. The van der Waals surface area contributed by atoms with E-state index in [0.717, 1.165) is 0 Å². The number of methoxy groups -OCH3 is 1. The van der Waals surface area contributed by atoms with E-state index in [4.69, 9.17) is 16.3 Å². The summed E-state index contributed by atoms with van der Waals surface area (Å²) in [6.07, 6.45) is 0. The van der Waals surface area contributed by atoms with E-state index in [9.17, 15) is 19.5 Å². The molecule has 1 aromatic heterocycles. The van der Waals surface area contributed by atoms with Crippen LogP contribution < -0.4 is 15.7 Å². The van der Waals surface area contributed by atoms with Gasteiger partial charge in [-0.1, -0.05) is 41.9 Å². The highest BCUT2D eigenvalue weighted by atomic mass is 79.9. The van der Waals surface area contributed by atoms with Crippen LogP contribution >= 0.6 is 27.5 Å². The molecule has 0 aliphatic carbocycles. The number of fused-ring (bicyclic) bond motifs is 1. The number of aromatic nitrogens is 2. The van der Waals surface area contributed by atoms with Crippen molar-refractivity contribution in [1.82, 2.24) is 19.4 Å². The molecular formula is C29H26BrClN4O5. The number of aliphatic hydroxyl groups excluding tert-OH is 1. The number of rotatable bonds is 7. The number of nitrogens with one attached hydrogen (secondary N) is 1. The lowest BCUT2D eigenvalue weighted by Crippen LogP contribution is -2.41. The highest BCUT2D eigenvalue weighted by Gasteiger charge is 2.33. The molecule has 0 spiro atoms. The van der Waals surface area contributed by atoms with Gasteiger partial charge in [-0.3, -0.25) is 18.7 Å². The molecule has 3 aromatic carbocycles. The van der Waals surface area contributed by atoms with Crippen LogP contribution in [0.1, 0.15) is 38.1 Å². The van der Waals surface area contributed by atoms with Gasteiger partial charge in [-0.2, -0.15) is 0 Å². The van der Waals surface area contributed by atoms with Crippen LogP contribution in [0.25, 0.3) is 5.69 Å². The Kier molecular flexibility index (Phi) is 8.11. The lowest BCUT2D eigenvalue weighted by molar-refractivity contribution is 0.0705. The number of halogens is 2. The average molecular weight is 626 g/mol. The number of ether oxygens (including phenoxy) is 1. The van der Waals surface area contributed by atoms with E-state index < -0.39 is 17.6 Å². The van der Waals surface area contributed by atoms with Gasteiger partial charge in [0.2, 0.25) is 0 Å². The summed E-state index contributed by atoms with van der Waals surface area (Å²) in [5.41, 5.74) is 1.67. The predicted molar refractivity (Wildman–Crippen MR) is 154 cm³/mol. The smallest absolute Gasteiger partial charge is 0.333 e. The van der Waals surface area contributed by atoms with Crippen molar-refractivity contribution in [2.45, 2.75) is 19.1 Å². The molecule has 0 saturated heterocycles. The van der Waals surface area contributed by atoms with Crippen molar-refractivity contribution in [3.63, 3.8) is 0 Å². The Morgan fingerprint density at radius 2 is 1.80 bits per heavy atom. The zero-order valence-electron chi connectivity index (χ0n) is 21.5. The van der Waals surface area contributed by atoms with E-state index >= 15 is 0 Å². The number of imidazole rings is 1. The van der Waals surface area contributed by atoms with E-state index in [2.05, 4.69) is 21.2 Å². The second-order valence-electron chi connectivity index (χ2n) is 9.24. The van der Waals surface area contributed by atoms with Gasteiger partial charge in [-0.25, -0.2) is 4.79 Å². The maximum Gasteiger partial charge on any atom is 0.333 e. The maximum atomic E-state index is 13.9. The van der Waals surface area contributed by atoms with Crippen LogP contribution in [0.5, 0.6) is 5.75 Å². The van der Waals surface area contributed by atoms with E-state index in [1.54, 1.807) is 66.6 Å². The summed E-state index contributed by atoms with van der Waals surface area (Å²) in [6, 6.07) is 20.1. The molecule has 2 N–H and O–H groups in total. The first-order chi connectivity index (χ1) is 19.3. The zero-order valence-corrected chi connectivity index (χ0v) is 23.9. The summed E-state index contributed by atoms with van der Waals surface area (Å²) in [7, 11) is 1.54. The Morgan fingerprint density at radius 1 is 1.07 bits per heavy atom. The van der Waals surface area contributed by atoms with Crippen molar-refractivity contribution >= 4 is 39.3 Å². The van der Waals surface area contributed by atoms with Crippen molar-refractivity contribution in [3.8, 4) is 11.4 Å². The molecule has 40 heavy (non-hydrogen) atoms. The average Bonchev–Trinajstić information content (AvgIpc) is 3.28. The minimum Gasteiger partial charge on any atom is -0.497 e. The van der Waals surface area contributed by atoms with Gasteiger partial charge in [0.25, 0.3) is 11.8 Å². The molecule has 9 nitrogen and oxygen atoms in total. The van der Waals surface area contributed by atoms with Crippen molar-refractivity contribution in [2.24, 2.45) is 0 Å². The molecule has 0 saturated carbocycles. The third-order valence-corrected chi connectivity index (χ3v) is 8.10. The second-order valence-corrected chi connectivity index (χ2v) is 10.5. The number of nitrogens with zero attached hydrogens (tertiary/aromatic N) is 3. The van der Waals surface area contributed by atoms with Crippen molar-refractivity contribution in [1.29, 1.82) is 0 Å². The first-order valence-corrected chi connectivity index (χ1v) is 13.7. The normalized spacial score (nSPS) is 13.4. The molecule has 206 valence electrons. The number of amides is 2. The van der Waals surface area contributed by atoms with Crippen LogP contribution in [-0.2, 0) is 13.1 Å². The van der Waals surface area contributed by atoms with Gasteiger partial charge in [-0.15, -0.1) is 0 Å². The number of aliphatic hydroxyl groups is 1. The third kappa shape index (κ3) is 5.30. The molecule has 1 aliphatic rings. The van der Waals surface area contributed by atoms with E-state index in [-0.39, 0.29) is 37.8 Å². The Balaban J connectivity index is 1.57. The number of hydrogen-bond donors (Lipinski definition) is 2. The molecule has 1 unspecified atom stereocenters. The van der Waals surface area contributed by atoms with Gasteiger partial charge in [0, 0.05) is 23.1 Å². The van der Waals surface area contributed by atoms with Gasteiger partial charge in [0.15, 0.2) is 0 Å². The molecule has 2 heterocycles. The first-order valence-electron chi connectivity index (χ1n) is 12.5. The van der Waals surface area contributed by atoms with E-state index in [0.29, 0.717) is 37.8 Å². The van der Waals surface area contributed by atoms with E-state index in [1.165, 1.54) is 9.13 Å². The third-order valence-electron chi connectivity index (χ3n) is 6.87. The standard InChI is InChI=1S/C29H26BrClN4O5/c1-40-21-10-8-20(9-11-21)35-26(27(37)32-24(17-36)18-5-3-2-4-6-18)25-16-33(13-14-34(25)29(35)39)28(38)19-7-12-22(30)23(31)15-19/h2-12,15,24,36H,13-14,16-17H2,1H3,(H,32,37). The molecule has 0 bridgehead atoms. The Morgan fingerprint density at radius 3 is 2.45 bits per heavy atom. The lowest BCUT2D eigenvalue weighted by atomic mass is 10.1. The van der Waals surface area contributed by atoms with E-state index in [1.807, 2.05) is 18.2 Å². The van der Waals surface area contributed by atoms with Gasteiger partial charge in [0.05, 0.1) is 42.7 Å². The van der Waals surface area contributed by atoms with Gasteiger partial charge in [0.1, 0.15) is 11.4 Å². The van der Waals surface area contributed by atoms with Crippen LogP contribution in [0.15, 0.2) is 82.1 Å². The van der Waals surface area contributed by atoms with Crippen molar-refractivity contribution in [2.75, 3.05) is 20.3 Å². The summed E-state index contributed by atoms with van der Waals surface area (Å²) < 4.78 is 8.79. The fourth-order valence-corrected chi connectivity index (χ4v) is 5.22. The Bertz CT molecular complexity index is 1620. The zero-order chi connectivity index (χ0) is 28.4. The summed E-state index contributed by atoms with van der Waals surface area (Å²) in [5, 5.41) is 13.4. The van der Waals surface area contributed by atoms with Gasteiger partial charge in [-0.05, 0) is 64.0 Å². The first kappa shape index (κ1) is 27.7. The van der Waals surface area contributed by atoms with Crippen LogP contribution in [-0.4, -0.2) is 51.2 Å². The molecule has 0 radical (unpaired) electrons. The monoisotopic (exact) mass is 624 g/mol. The predicted octanol–water partition coefficient (Wildman–Crippen LogP) is 4.18. The summed E-state index contributed by atoms with van der Waals surface area (Å²) in [6.45, 7) is 0.169. The summed E-state index contributed by atoms with van der Waals surface area (Å²) in [4.78, 5) is 42.6. The van der Waals surface area contributed by atoms with Gasteiger partial charge >= 0.3 is 5.69 Å². The largest absolute Gasteiger partial charge is 0.497 e. The Hall–Kier alpha value is -3.86. The van der Waals surface area contributed by atoms with Crippen molar-refractivity contribution < 1.29 is 19.4 Å². The molecule has 0 fully saturated rings. The summed E-state index contributed by atoms with van der Waals surface area (Å²) in [5.74, 6) is -0.221. The SMILES string of the molecule is COc1ccc(-n2c(C(=O)NC(CO)c3ccccc3)c3n(c2=O)CCN(C(=O)c2ccc(Br)c(Cl)c2)C3)cc1. The molecule has 11 heteroatoms. The quantitative estimate of drug-likeness (QED) is 0.321. The number of benzene rings is 3. The Labute approximate surface area is 243 Å². The topological polar surface area (TPSA) is 106 Å². The van der Waals surface area contributed by atoms with Crippen LogP contribution in [0.4, 0.5) is 0 Å². The number of carbonyl (C=O) groups excluding carboxylic acids is 2. The lowest BCUT2D eigenvalue weighted by Gasteiger charge is -2.28. The minimum absolute atomic E-state index is 0.0305. The fraction of sp³-hybridized carbons (Fsp3) is 0.207. The minimum atomic E-state index is -0.699. The second kappa shape index (κ2) is 11.7. The highest BCUT2D eigenvalue weighted by molar-refractivity contribution is 9.10. The molecule has 1 aliphatic heterocycles. The van der Waals surface area contributed by atoms with Crippen LogP contribution in [0, 0.1) is 0 Å². The summed E-state index contributed by atoms with van der Waals surface area (Å²) >= 11 is 9.56. The van der Waals surface area contributed by atoms with Crippen molar-refractivity contribution in [3.05, 3.63) is 115 Å². The number of carbonyl (C=O) groups is 2. The molecule has 2 amide bonds. The molecule has 1 atom stereocenters. The molecule has 5 rings (SSSR count). The fourth-order valence-electron chi connectivity index (χ4n) is 4.79. The number of hydrogen-bond acceptors (Lipinski definition) is 5. The maximum absolute atomic E-state index is 13.9. The van der Waals surface area contributed by atoms with Gasteiger partial charge < -0.3 is 20.1 Å². The molecule has 4 aromatic rings.